The first-order valence-electron chi connectivity index (χ1n) is 20.9. The number of rotatable bonds is 9. The van der Waals surface area contributed by atoms with E-state index in [1.54, 1.807) is 0 Å². The normalized spacial score (nSPS) is 11.8. The Morgan fingerprint density at radius 1 is 0.365 bits per heavy atom. The van der Waals surface area contributed by atoms with Gasteiger partial charge in [0.15, 0.2) is 29.1 Å². The Morgan fingerprint density at radius 2 is 0.794 bits per heavy atom. The predicted octanol–water partition coefficient (Wildman–Crippen LogP) is 13.6. The summed E-state index contributed by atoms with van der Waals surface area (Å²) in [5.74, 6) is 2.91. The summed E-state index contributed by atoms with van der Waals surface area (Å²) < 4.78 is 0. The maximum atomic E-state index is 5.16. The number of nitrogens with zero attached hydrogens (tertiary/aromatic N) is 6. The van der Waals surface area contributed by atoms with Crippen molar-refractivity contribution in [3.8, 4) is 56.4 Å². The fraction of sp³-hybridized carbons (Fsp3) is 0.0175. The minimum absolute atomic E-state index is 0.452. The van der Waals surface area contributed by atoms with E-state index in [0.29, 0.717) is 35.7 Å². The molecule has 0 fully saturated rings. The van der Waals surface area contributed by atoms with Gasteiger partial charge in [0, 0.05) is 27.8 Å². The molecular weight excluding hydrogens is 769 g/mol. The molecule has 0 amide bonds. The van der Waals surface area contributed by atoms with Crippen molar-refractivity contribution in [2.45, 2.75) is 6.54 Å². The monoisotopic (exact) mass is 808 g/mol. The molecule has 0 radical (unpaired) electrons. The van der Waals surface area contributed by atoms with E-state index < -0.39 is 0 Å². The molecule has 6 nitrogen and oxygen atoms in total. The van der Waals surface area contributed by atoms with Crippen molar-refractivity contribution in [2.75, 3.05) is 0 Å². The van der Waals surface area contributed by atoms with Crippen molar-refractivity contribution < 1.29 is 0 Å². The largest absolute Gasteiger partial charge is 0.261 e. The maximum Gasteiger partial charge on any atom is 0.164 e. The van der Waals surface area contributed by atoms with Crippen LogP contribution in [-0.4, -0.2) is 33.3 Å². The molecule has 0 atom stereocenters. The van der Waals surface area contributed by atoms with Gasteiger partial charge in [-0.1, -0.05) is 206 Å². The standard InChI is InChI=1S/C57H40N6/c1-58-53(42-26-14-5-15-27-42)60-54(59-38-39-20-8-2-9-21-39)45-32-34-47-49(36-45)51(40-22-10-3-11-23-40)48-35-33-46(37-50(48)52(47)41-24-12-4-13-25-41)57-62-55(43-28-16-6-17-29-43)61-56(63-57)44-30-18-7-19-31-44/h2-37H,1,38H2/b59-54-,60-53-. The van der Waals surface area contributed by atoms with E-state index >= 15 is 0 Å². The molecule has 10 rings (SSSR count). The summed E-state index contributed by atoms with van der Waals surface area (Å²) in [5.41, 5.74) is 9.97. The van der Waals surface area contributed by atoms with Gasteiger partial charge in [-0.2, -0.15) is 0 Å². The fourth-order valence-electron chi connectivity index (χ4n) is 8.10. The van der Waals surface area contributed by atoms with E-state index in [-0.39, 0.29) is 0 Å². The molecule has 1 aromatic heterocycles. The van der Waals surface area contributed by atoms with E-state index in [0.717, 1.165) is 77.2 Å². The number of amidine groups is 2. The molecule has 298 valence electrons. The Morgan fingerprint density at radius 3 is 1.30 bits per heavy atom. The van der Waals surface area contributed by atoms with Crippen LogP contribution in [0.3, 0.4) is 0 Å². The van der Waals surface area contributed by atoms with Gasteiger partial charge in [0.25, 0.3) is 0 Å². The minimum atomic E-state index is 0.452. The zero-order valence-electron chi connectivity index (χ0n) is 34.4. The summed E-state index contributed by atoms with van der Waals surface area (Å²) in [5, 5.41) is 4.35. The third-order valence-electron chi connectivity index (χ3n) is 11.1. The molecule has 0 unspecified atom stereocenters. The number of fused-ring (bicyclic) bond motifs is 2. The SMILES string of the molecule is C=N/C(=N\C(=N/Cc1ccccc1)c1ccc2c(-c3ccccc3)c3cc(-c4nc(-c5ccccc5)nc(-c5ccccc5)n4)ccc3c(-c3ccccc3)c2c1)c1ccccc1. The highest BCUT2D eigenvalue weighted by atomic mass is 15.0. The molecule has 6 heteroatoms. The van der Waals surface area contributed by atoms with Crippen LogP contribution in [0.25, 0.3) is 78.0 Å². The van der Waals surface area contributed by atoms with Crippen LogP contribution in [-0.2, 0) is 6.54 Å². The molecular formula is C57H40N6. The average molecular weight is 809 g/mol. The van der Waals surface area contributed by atoms with Crippen molar-refractivity contribution in [3.63, 3.8) is 0 Å². The van der Waals surface area contributed by atoms with Crippen LogP contribution in [0.2, 0.25) is 0 Å². The summed E-state index contributed by atoms with van der Waals surface area (Å²) in [7, 11) is 0. The second-order valence-corrected chi connectivity index (χ2v) is 15.1. The van der Waals surface area contributed by atoms with Crippen molar-refractivity contribution in [3.05, 3.63) is 235 Å². The molecule has 0 spiro atoms. The Balaban J connectivity index is 1.24. The molecule has 0 aliphatic heterocycles. The number of benzene rings is 9. The van der Waals surface area contributed by atoms with Gasteiger partial charge in [-0.15, -0.1) is 0 Å². The van der Waals surface area contributed by atoms with Crippen LogP contribution in [0.5, 0.6) is 0 Å². The first-order chi connectivity index (χ1) is 31.2. The van der Waals surface area contributed by atoms with Gasteiger partial charge in [0.2, 0.25) is 0 Å². The highest BCUT2D eigenvalue weighted by Gasteiger charge is 2.21. The Bertz CT molecular complexity index is 3220. The van der Waals surface area contributed by atoms with Gasteiger partial charge >= 0.3 is 0 Å². The summed E-state index contributed by atoms with van der Waals surface area (Å²) in [4.78, 5) is 29.9. The van der Waals surface area contributed by atoms with E-state index in [2.05, 4.69) is 121 Å². The van der Waals surface area contributed by atoms with Crippen molar-refractivity contribution in [1.82, 2.24) is 15.0 Å². The molecule has 10 aromatic rings. The third-order valence-corrected chi connectivity index (χ3v) is 11.1. The quantitative estimate of drug-likeness (QED) is 0.0828. The average Bonchev–Trinajstić information content (AvgIpc) is 3.37. The molecule has 0 saturated carbocycles. The molecule has 9 aromatic carbocycles. The highest BCUT2D eigenvalue weighted by molar-refractivity contribution is 6.23. The smallest absolute Gasteiger partial charge is 0.164 e. The highest BCUT2D eigenvalue weighted by Crippen LogP contribution is 2.45. The van der Waals surface area contributed by atoms with Gasteiger partial charge < -0.3 is 0 Å². The summed E-state index contributed by atoms with van der Waals surface area (Å²) in [6.45, 7) is 4.36. The molecule has 0 aliphatic carbocycles. The molecule has 63 heavy (non-hydrogen) atoms. The lowest BCUT2D eigenvalue weighted by Crippen LogP contribution is -2.06. The van der Waals surface area contributed by atoms with Crippen molar-refractivity contribution >= 4 is 39.9 Å². The van der Waals surface area contributed by atoms with Gasteiger partial charge in [-0.25, -0.2) is 24.9 Å². The molecule has 1 heterocycles. The van der Waals surface area contributed by atoms with Gasteiger partial charge in [0.05, 0.1) is 6.54 Å². The van der Waals surface area contributed by atoms with E-state index in [9.17, 15) is 0 Å². The molecule has 0 N–H and O–H groups in total. The van der Waals surface area contributed by atoms with Gasteiger partial charge in [0.1, 0.15) is 0 Å². The summed E-state index contributed by atoms with van der Waals surface area (Å²) in [6.07, 6.45) is 0. The topological polar surface area (TPSA) is 75.8 Å². The first-order valence-corrected chi connectivity index (χ1v) is 20.9. The molecule has 0 aliphatic rings. The fourth-order valence-corrected chi connectivity index (χ4v) is 8.10. The van der Waals surface area contributed by atoms with Crippen LogP contribution < -0.4 is 0 Å². The Labute approximate surface area is 366 Å². The van der Waals surface area contributed by atoms with Gasteiger partial charge in [-0.3, -0.25) is 4.99 Å². The predicted molar refractivity (Wildman–Crippen MR) is 261 cm³/mol. The third kappa shape index (κ3) is 8.09. The molecule has 0 bridgehead atoms. The van der Waals surface area contributed by atoms with Gasteiger partial charge in [-0.05, 0) is 68.2 Å². The first kappa shape index (κ1) is 38.7. The lowest BCUT2D eigenvalue weighted by atomic mass is 9.84. The van der Waals surface area contributed by atoms with E-state index in [4.69, 9.17) is 24.9 Å². The zero-order chi connectivity index (χ0) is 42.4. The van der Waals surface area contributed by atoms with Crippen LogP contribution >= 0.6 is 0 Å². The zero-order valence-corrected chi connectivity index (χ0v) is 34.4. The second-order valence-electron chi connectivity index (χ2n) is 15.1. The lowest BCUT2D eigenvalue weighted by Gasteiger charge is -2.19. The van der Waals surface area contributed by atoms with Crippen LogP contribution in [0.15, 0.2) is 233 Å². The number of hydrogen-bond donors (Lipinski definition) is 0. The minimum Gasteiger partial charge on any atom is -0.261 e. The number of aliphatic imine (C=N–C) groups is 3. The summed E-state index contributed by atoms with van der Waals surface area (Å²) >= 11 is 0. The lowest BCUT2D eigenvalue weighted by molar-refractivity contribution is 1.06. The Hall–Kier alpha value is -8.48. The van der Waals surface area contributed by atoms with E-state index in [1.807, 2.05) is 109 Å². The molecule has 0 saturated heterocycles. The summed E-state index contributed by atoms with van der Waals surface area (Å²) in [6, 6.07) is 74.7. The maximum absolute atomic E-state index is 5.16. The van der Waals surface area contributed by atoms with E-state index in [1.165, 1.54) is 0 Å². The number of aromatic nitrogens is 3. The van der Waals surface area contributed by atoms with Crippen LogP contribution in [0, 0.1) is 0 Å². The van der Waals surface area contributed by atoms with Crippen molar-refractivity contribution in [2.24, 2.45) is 15.0 Å². The van der Waals surface area contributed by atoms with Crippen molar-refractivity contribution in [1.29, 1.82) is 0 Å². The Kier molecular flexibility index (Phi) is 10.8. The second kappa shape index (κ2) is 17.6. The van der Waals surface area contributed by atoms with Crippen LogP contribution in [0.1, 0.15) is 16.7 Å². The number of hydrogen-bond acceptors (Lipinski definition) is 4. The van der Waals surface area contributed by atoms with Crippen LogP contribution in [0.4, 0.5) is 0 Å².